The van der Waals surface area contributed by atoms with E-state index in [9.17, 15) is 13.9 Å². The Labute approximate surface area is 150 Å². The van der Waals surface area contributed by atoms with Crippen molar-refractivity contribution in [2.24, 2.45) is 5.41 Å². The van der Waals surface area contributed by atoms with Gasteiger partial charge in [0.15, 0.2) is 17.4 Å². The molecule has 0 atom stereocenters. The molecule has 1 aliphatic carbocycles. The van der Waals surface area contributed by atoms with Crippen molar-refractivity contribution < 1.29 is 13.9 Å². The number of nitrogens with zero attached hydrogens (tertiary/aromatic N) is 2. The predicted molar refractivity (Wildman–Crippen MR) is 98.3 cm³/mol. The highest BCUT2D eigenvalue weighted by molar-refractivity contribution is 5.83. The van der Waals surface area contributed by atoms with Gasteiger partial charge in [0, 0.05) is 5.39 Å². The first-order valence-corrected chi connectivity index (χ1v) is 8.70. The lowest BCUT2D eigenvalue weighted by Crippen LogP contribution is -2.14. The molecule has 1 N–H and O–H groups in total. The highest BCUT2D eigenvalue weighted by atomic mass is 19.1. The van der Waals surface area contributed by atoms with Crippen molar-refractivity contribution in [2.75, 3.05) is 0 Å². The van der Waals surface area contributed by atoms with E-state index in [0.717, 1.165) is 30.9 Å². The molecule has 2 aromatic carbocycles. The molecule has 0 bridgehead atoms. The number of hydrogen-bond donors (Lipinski definition) is 1. The summed E-state index contributed by atoms with van der Waals surface area (Å²) in [7, 11) is 0. The van der Waals surface area contributed by atoms with E-state index in [1.807, 2.05) is 24.3 Å². The molecule has 0 spiro atoms. The molecule has 3 nitrogen and oxygen atoms in total. The second kappa shape index (κ2) is 5.94. The van der Waals surface area contributed by atoms with Gasteiger partial charge in [-0.15, -0.1) is 0 Å². The fraction of sp³-hybridized carbons (Fsp3) is 0.286. The second-order valence-electron chi connectivity index (χ2n) is 7.66. The van der Waals surface area contributed by atoms with Crippen LogP contribution in [0.3, 0.4) is 0 Å². The molecule has 0 saturated heterocycles. The first-order chi connectivity index (χ1) is 12.4. The van der Waals surface area contributed by atoms with Gasteiger partial charge in [-0.25, -0.2) is 13.5 Å². The third-order valence-corrected chi connectivity index (χ3v) is 5.18. The summed E-state index contributed by atoms with van der Waals surface area (Å²) >= 11 is 0. The van der Waals surface area contributed by atoms with E-state index in [-0.39, 0.29) is 5.52 Å². The number of hydrogen-bond acceptors (Lipinski definition) is 2. The largest absolute Gasteiger partial charge is 0.503 e. The highest BCUT2D eigenvalue weighted by Crippen LogP contribution is 2.38. The summed E-state index contributed by atoms with van der Waals surface area (Å²) in [5.74, 6) is -2.97. The van der Waals surface area contributed by atoms with Gasteiger partial charge >= 0.3 is 0 Å². The Kier molecular flexibility index (Phi) is 3.83. The molecule has 134 valence electrons. The first kappa shape index (κ1) is 16.8. The minimum absolute atomic E-state index is 0.0651. The lowest BCUT2D eigenvalue weighted by Gasteiger charge is -2.28. The number of aromatic nitrogens is 2. The van der Waals surface area contributed by atoms with Crippen LogP contribution in [-0.2, 0) is 0 Å². The summed E-state index contributed by atoms with van der Waals surface area (Å²) < 4.78 is 29.2. The number of allylic oxidation sites excluding steroid dienone is 2. The molecule has 0 saturated carbocycles. The zero-order chi connectivity index (χ0) is 18.5. The number of benzene rings is 2. The molecular formula is C21H20F2N2O. The van der Waals surface area contributed by atoms with Crippen molar-refractivity contribution in [2.45, 2.75) is 33.1 Å². The molecule has 26 heavy (non-hydrogen) atoms. The summed E-state index contributed by atoms with van der Waals surface area (Å²) in [6.45, 7) is 4.55. The fourth-order valence-corrected chi connectivity index (χ4v) is 3.46. The molecule has 3 aromatic rings. The molecule has 0 radical (unpaired) electrons. The minimum Gasteiger partial charge on any atom is -0.503 e. The van der Waals surface area contributed by atoms with Gasteiger partial charge in [0.05, 0.1) is 11.9 Å². The fourth-order valence-electron chi connectivity index (χ4n) is 3.46. The molecule has 0 unspecified atom stereocenters. The van der Waals surface area contributed by atoms with Gasteiger partial charge in [0.25, 0.3) is 0 Å². The van der Waals surface area contributed by atoms with Gasteiger partial charge in [0.2, 0.25) is 0 Å². The van der Waals surface area contributed by atoms with E-state index in [0.29, 0.717) is 16.5 Å². The number of fused-ring (bicyclic) bond motifs is 1. The summed E-state index contributed by atoms with van der Waals surface area (Å²) in [6.07, 6.45) is 6.94. The molecule has 1 aromatic heterocycles. The Morgan fingerprint density at radius 2 is 1.88 bits per heavy atom. The maximum atomic E-state index is 14.3. The zero-order valence-electron chi connectivity index (χ0n) is 14.8. The van der Waals surface area contributed by atoms with Crippen molar-refractivity contribution in [1.82, 2.24) is 9.78 Å². The van der Waals surface area contributed by atoms with Gasteiger partial charge in [-0.05, 0) is 54.0 Å². The predicted octanol–water partition coefficient (Wildman–Crippen LogP) is 5.60. The molecule has 0 fully saturated rings. The van der Waals surface area contributed by atoms with Crippen molar-refractivity contribution in [3.8, 4) is 11.4 Å². The first-order valence-electron chi connectivity index (χ1n) is 8.70. The van der Waals surface area contributed by atoms with Gasteiger partial charge in [0.1, 0.15) is 5.52 Å². The molecule has 0 amide bonds. The Morgan fingerprint density at radius 3 is 2.54 bits per heavy atom. The van der Waals surface area contributed by atoms with Crippen LogP contribution in [0.25, 0.3) is 22.2 Å². The smallest absolute Gasteiger partial charge is 0.194 e. The van der Waals surface area contributed by atoms with E-state index >= 15 is 0 Å². The number of phenols is 1. The van der Waals surface area contributed by atoms with Crippen LogP contribution >= 0.6 is 0 Å². The van der Waals surface area contributed by atoms with Crippen molar-refractivity contribution >= 4 is 16.5 Å². The third kappa shape index (κ3) is 2.77. The standard InChI is InChI=1S/C21H20F2N2O/c1-21(2)9-7-14(8-10-21)13-3-5-16(6-4-13)25-19-15(12-24-25)11-17(22)20(26)18(19)23/h3-7,11-12,26H,8-10H2,1-2H3. The van der Waals surface area contributed by atoms with Crippen LogP contribution in [-0.4, -0.2) is 14.9 Å². The number of aromatic hydroxyl groups is 1. The van der Waals surface area contributed by atoms with Crippen molar-refractivity contribution in [3.05, 3.63) is 59.8 Å². The summed E-state index contributed by atoms with van der Waals surface area (Å²) in [4.78, 5) is 0. The van der Waals surface area contributed by atoms with Crippen molar-refractivity contribution in [1.29, 1.82) is 0 Å². The average molecular weight is 354 g/mol. The Morgan fingerprint density at radius 1 is 1.15 bits per heavy atom. The third-order valence-electron chi connectivity index (χ3n) is 5.18. The van der Waals surface area contributed by atoms with Crippen LogP contribution in [0, 0.1) is 17.0 Å². The Balaban J connectivity index is 1.71. The highest BCUT2D eigenvalue weighted by Gasteiger charge is 2.22. The van der Waals surface area contributed by atoms with Gasteiger partial charge in [-0.2, -0.15) is 5.10 Å². The Hall–Kier alpha value is -2.69. The summed E-state index contributed by atoms with van der Waals surface area (Å²) in [5, 5.41) is 14.0. The van der Waals surface area contributed by atoms with Crippen LogP contribution in [0.1, 0.15) is 38.7 Å². The van der Waals surface area contributed by atoms with Gasteiger partial charge < -0.3 is 5.11 Å². The lowest BCUT2D eigenvalue weighted by molar-refractivity contribution is 0.335. The van der Waals surface area contributed by atoms with Crippen LogP contribution < -0.4 is 0 Å². The SMILES string of the molecule is CC1(C)CC=C(c2ccc(-n3ncc4cc(F)c(O)c(F)c43)cc2)CC1. The molecular weight excluding hydrogens is 334 g/mol. The van der Waals surface area contributed by atoms with Crippen LogP contribution in [0.15, 0.2) is 42.6 Å². The van der Waals surface area contributed by atoms with E-state index < -0.39 is 17.4 Å². The number of rotatable bonds is 2. The maximum Gasteiger partial charge on any atom is 0.194 e. The van der Waals surface area contributed by atoms with E-state index in [1.54, 1.807) is 0 Å². The average Bonchev–Trinajstić information content (AvgIpc) is 3.04. The van der Waals surface area contributed by atoms with Crippen LogP contribution in [0.5, 0.6) is 5.75 Å². The molecule has 5 heteroatoms. The molecule has 4 rings (SSSR count). The number of phenolic OH excluding ortho intramolecular Hbond substituents is 1. The van der Waals surface area contributed by atoms with E-state index in [1.165, 1.54) is 16.5 Å². The quantitative estimate of drug-likeness (QED) is 0.650. The minimum atomic E-state index is -1.00. The summed E-state index contributed by atoms with van der Waals surface area (Å²) in [5.41, 5.74) is 3.55. The summed E-state index contributed by atoms with van der Waals surface area (Å²) in [6, 6.07) is 8.80. The van der Waals surface area contributed by atoms with Gasteiger partial charge in [-0.3, -0.25) is 0 Å². The van der Waals surface area contributed by atoms with Gasteiger partial charge in [-0.1, -0.05) is 32.1 Å². The van der Waals surface area contributed by atoms with Crippen LogP contribution in [0.2, 0.25) is 0 Å². The van der Waals surface area contributed by atoms with Crippen LogP contribution in [0.4, 0.5) is 8.78 Å². The monoisotopic (exact) mass is 354 g/mol. The van der Waals surface area contributed by atoms with E-state index in [4.69, 9.17) is 0 Å². The molecule has 1 aliphatic rings. The Bertz CT molecular complexity index is 1020. The second-order valence-corrected chi connectivity index (χ2v) is 7.66. The topological polar surface area (TPSA) is 38.0 Å². The molecule has 1 heterocycles. The lowest BCUT2D eigenvalue weighted by atomic mass is 9.77. The normalized spacial score (nSPS) is 16.7. The maximum absolute atomic E-state index is 14.3. The van der Waals surface area contributed by atoms with E-state index in [2.05, 4.69) is 25.0 Å². The number of halogens is 2. The molecule has 0 aliphatic heterocycles. The zero-order valence-corrected chi connectivity index (χ0v) is 14.8. The van der Waals surface area contributed by atoms with Crippen molar-refractivity contribution in [3.63, 3.8) is 0 Å².